The predicted molar refractivity (Wildman–Crippen MR) is 215 cm³/mol. The standard InChI is InChI=1S/C47H76N2O5/c1-31(2)33-17-22-47(28-38(50)49-27-13-14-32(49)30-48-25-11-10-12-26-48)24-23-45(8)34(40(33)47)15-16-36-44(7)20-19-37(54-39(51)29-42(3,4)41(52)53)43(5,6)35(44)18-21-46(36,45)9/h32-37,40H,1,10-30H2,2-9H3,(H,52,53)/t32-,33+,34-,35+,36-,37+,40-,44+,45-,46-,47-/m1/s1. The zero-order valence-corrected chi connectivity index (χ0v) is 35.6. The Morgan fingerprint density at radius 1 is 0.796 bits per heavy atom. The fraction of sp³-hybridized carbons (Fsp3) is 0.894. The van der Waals surface area contributed by atoms with Gasteiger partial charge in [-0.15, -0.1) is 0 Å². The molecule has 0 aromatic heterocycles. The lowest BCUT2D eigenvalue weighted by atomic mass is 9.32. The third-order valence-corrected chi connectivity index (χ3v) is 18.7. The molecule has 2 heterocycles. The van der Waals surface area contributed by atoms with Gasteiger partial charge in [-0.1, -0.05) is 53.2 Å². The molecule has 5 aliphatic carbocycles. The number of likely N-dealkylation sites (tertiary alicyclic amines) is 2. The summed E-state index contributed by atoms with van der Waals surface area (Å²) in [7, 11) is 0. The molecule has 0 unspecified atom stereocenters. The first kappa shape index (κ1) is 40.3. The van der Waals surface area contributed by atoms with Gasteiger partial charge in [0.1, 0.15) is 6.10 Å². The molecule has 5 saturated carbocycles. The number of esters is 1. The Kier molecular flexibility index (Phi) is 10.6. The van der Waals surface area contributed by atoms with Gasteiger partial charge < -0.3 is 19.6 Å². The van der Waals surface area contributed by atoms with Crippen LogP contribution < -0.4 is 0 Å². The lowest BCUT2D eigenvalue weighted by Gasteiger charge is -2.73. The summed E-state index contributed by atoms with van der Waals surface area (Å²) in [6.45, 7) is 27.1. The average Bonchev–Trinajstić information content (AvgIpc) is 3.72. The van der Waals surface area contributed by atoms with E-state index in [9.17, 15) is 19.5 Å². The summed E-state index contributed by atoms with van der Waals surface area (Å²) < 4.78 is 6.22. The van der Waals surface area contributed by atoms with Crippen LogP contribution in [0.15, 0.2) is 12.2 Å². The van der Waals surface area contributed by atoms with Crippen molar-refractivity contribution in [3.05, 3.63) is 12.2 Å². The first-order valence-corrected chi connectivity index (χ1v) is 22.4. The van der Waals surface area contributed by atoms with Gasteiger partial charge in [0.2, 0.25) is 5.91 Å². The van der Waals surface area contributed by atoms with Gasteiger partial charge >= 0.3 is 11.9 Å². The van der Waals surface area contributed by atoms with Gasteiger partial charge in [-0.05, 0) is 175 Å². The minimum Gasteiger partial charge on any atom is -0.481 e. The van der Waals surface area contributed by atoms with E-state index in [1.165, 1.54) is 82.9 Å². The molecule has 1 N–H and O–H groups in total. The fourth-order valence-electron chi connectivity index (χ4n) is 15.6. The maximum Gasteiger partial charge on any atom is 0.309 e. The number of fused-ring (bicyclic) bond motifs is 7. The predicted octanol–water partition coefficient (Wildman–Crippen LogP) is 9.92. The number of ether oxygens (including phenoxy) is 1. The highest BCUT2D eigenvalue weighted by Gasteiger charge is 2.71. The Morgan fingerprint density at radius 3 is 2.20 bits per heavy atom. The minimum atomic E-state index is -1.14. The van der Waals surface area contributed by atoms with Crippen molar-refractivity contribution in [2.24, 2.45) is 62.1 Å². The van der Waals surface area contributed by atoms with Gasteiger partial charge in [0.05, 0.1) is 11.8 Å². The van der Waals surface area contributed by atoms with Crippen molar-refractivity contribution in [1.29, 1.82) is 0 Å². The normalized spacial score (nSPS) is 43.3. The topological polar surface area (TPSA) is 87.2 Å². The third-order valence-electron chi connectivity index (χ3n) is 18.7. The number of carboxylic acid groups (broad SMARTS) is 1. The van der Waals surface area contributed by atoms with Crippen LogP contribution in [-0.2, 0) is 19.1 Å². The van der Waals surface area contributed by atoms with Crippen LogP contribution in [0.3, 0.4) is 0 Å². The molecule has 7 rings (SSSR count). The van der Waals surface area contributed by atoms with Crippen LogP contribution >= 0.6 is 0 Å². The number of piperidine rings is 1. The third kappa shape index (κ3) is 6.43. The molecule has 2 saturated heterocycles. The highest BCUT2D eigenvalue weighted by atomic mass is 16.5. The molecule has 0 spiro atoms. The first-order chi connectivity index (χ1) is 25.3. The molecule has 1 amide bonds. The number of carbonyl (C=O) groups excluding carboxylic acids is 2. The SMILES string of the molecule is C=C(C)[C@@H]1CC[C@]2(CC(=O)N3CCC[C@@H]3CN3CCCCC3)CC[C@]3(C)[C@H](CC[C@@H]4[C@@]5(C)CC[C@H](OC(=O)CC(C)(C)C(=O)O)C(C)(C)[C@@H]5CC[C@]43C)[C@@H]12. The second-order valence-electron chi connectivity index (χ2n) is 22.2. The van der Waals surface area contributed by atoms with Gasteiger partial charge in [0.15, 0.2) is 0 Å². The highest BCUT2D eigenvalue weighted by Crippen LogP contribution is 2.78. The van der Waals surface area contributed by atoms with E-state index in [1.807, 2.05) is 0 Å². The number of nitrogens with zero attached hydrogens (tertiary/aromatic N) is 2. The number of amides is 1. The molecule has 54 heavy (non-hydrogen) atoms. The molecule has 0 aromatic carbocycles. The Morgan fingerprint density at radius 2 is 1.52 bits per heavy atom. The second kappa shape index (κ2) is 14.2. The van der Waals surface area contributed by atoms with Gasteiger partial charge in [0, 0.05) is 31.0 Å². The molecular weight excluding hydrogens is 673 g/mol. The monoisotopic (exact) mass is 749 g/mol. The average molecular weight is 749 g/mol. The van der Waals surface area contributed by atoms with Crippen molar-refractivity contribution in [1.82, 2.24) is 9.80 Å². The van der Waals surface area contributed by atoms with Crippen molar-refractivity contribution in [2.45, 2.75) is 177 Å². The van der Waals surface area contributed by atoms with Crippen LogP contribution in [0.5, 0.6) is 0 Å². The van der Waals surface area contributed by atoms with Crippen molar-refractivity contribution in [3.63, 3.8) is 0 Å². The maximum absolute atomic E-state index is 14.6. The van der Waals surface area contributed by atoms with E-state index in [0.717, 1.165) is 51.6 Å². The second-order valence-corrected chi connectivity index (χ2v) is 22.2. The van der Waals surface area contributed by atoms with E-state index in [1.54, 1.807) is 13.8 Å². The lowest BCUT2D eigenvalue weighted by molar-refractivity contribution is -0.250. The van der Waals surface area contributed by atoms with Crippen molar-refractivity contribution in [3.8, 4) is 0 Å². The van der Waals surface area contributed by atoms with E-state index in [2.05, 4.69) is 57.9 Å². The summed E-state index contributed by atoms with van der Waals surface area (Å²) >= 11 is 0. The molecule has 7 heteroatoms. The number of aliphatic carboxylic acids is 1. The molecule has 7 nitrogen and oxygen atoms in total. The van der Waals surface area contributed by atoms with E-state index in [-0.39, 0.29) is 45.6 Å². The summed E-state index contributed by atoms with van der Waals surface area (Å²) in [5.74, 6) is 1.79. The molecule has 0 aromatic rings. The molecule has 7 aliphatic rings. The van der Waals surface area contributed by atoms with E-state index >= 15 is 0 Å². The van der Waals surface area contributed by atoms with E-state index in [4.69, 9.17) is 4.74 Å². The number of hydrogen-bond donors (Lipinski definition) is 1. The summed E-state index contributed by atoms with van der Waals surface area (Å²) in [4.78, 5) is 44.5. The van der Waals surface area contributed by atoms with Crippen LogP contribution in [-0.4, -0.2) is 71.1 Å². The highest BCUT2D eigenvalue weighted by molar-refractivity contribution is 5.81. The number of rotatable bonds is 9. The van der Waals surface area contributed by atoms with Crippen LogP contribution in [0.1, 0.15) is 165 Å². The minimum absolute atomic E-state index is 0.0899. The number of carbonyl (C=O) groups is 3. The summed E-state index contributed by atoms with van der Waals surface area (Å²) in [5, 5.41) is 9.64. The maximum atomic E-state index is 14.6. The number of allylic oxidation sites excluding steroid dienone is 1. The van der Waals surface area contributed by atoms with Gasteiger partial charge in [-0.3, -0.25) is 14.4 Å². The van der Waals surface area contributed by atoms with Gasteiger partial charge in [-0.25, -0.2) is 0 Å². The molecule has 2 aliphatic heterocycles. The smallest absolute Gasteiger partial charge is 0.309 e. The van der Waals surface area contributed by atoms with Crippen LogP contribution in [0, 0.1) is 62.1 Å². The largest absolute Gasteiger partial charge is 0.481 e. The quantitative estimate of drug-likeness (QED) is 0.187. The van der Waals surface area contributed by atoms with E-state index < -0.39 is 11.4 Å². The van der Waals surface area contributed by atoms with Crippen molar-refractivity contribution >= 4 is 17.8 Å². The van der Waals surface area contributed by atoms with Crippen LogP contribution in [0.2, 0.25) is 0 Å². The number of carboxylic acids is 1. The Hall–Kier alpha value is -1.89. The van der Waals surface area contributed by atoms with Crippen molar-refractivity contribution in [2.75, 3.05) is 26.2 Å². The molecule has 11 atom stereocenters. The zero-order chi connectivity index (χ0) is 39.1. The Bertz CT molecular complexity index is 1480. The van der Waals surface area contributed by atoms with Gasteiger partial charge in [-0.2, -0.15) is 0 Å². The molecule has 0 radical (unpaired) electrons. The molecule has 0 bridgehead atoms. The molecule has 304 valence electrons. The summed E-state index contributed by atoms with van der Waals surface area (Å²) in [5.41, 5.74) is 0.676. The van der Waals surface area contributed by atoms with Crippen molar-refractivity contribution < 1.29 is 24.2 Å². The van der Waals surface area contributed by atoms with Crippen LogP contribution in [0.4, 0.5) is 0 Å². The number of hydrogen-bond acceptors (Lipinski definition) is 5. The lowest BCUT2D eigenvalue weighted by Crippen LogP contribution is -2.67. The summed E-state index contributed by atoms with van der Waals surface area (Å²) in [6, 6.07) is 0.391. The van der Waals surface area contributed by atoms with Crippen LogP contribution in [0.25, 0.3) is 0 Å². The first-order valence-electron chi connectivity index (χ1n) is 22.4. The zero-order valence-electron chi connectivity index (χ0n) is 35.6. The fourth-order valence-corrected chi connectivity index (χ4v) is 15.6. The summed E-state index contributed by atoms with van der Waals surface area (Å²) in [6.07, 6.45) is 18.2. The Labute approximate surface area is 328 Å². The molecule has 7 fully saturated rings. The Balaban J connectivity index is 1.10. The molecular formula is C47H76N2O5. The van der Waals surface area contributed by atoms with Gasteiger partial charge in [0.25, 0.3) is 0 Å². The van der Waals surface area contributed by atoms with E-state index in [0.29, 0.717) is 41.5 Å².